The molecule has 0 amide bonds. The van der Waals surface area contributed by atoms with Gasteiger partial charge < -0.3 is 10.5 Å². The van der Waals surface area contributed by atoms with Gasteiger partial charge in [-0.1, -0.05) is 17.3 Å². The molecule has 0 saturated carbocycles. The Bertz CT molecular complexity index is 736. The smallest absolute Gasteiger partial charge is 0.121 e. The van der Waals surface area contributed by atoms with Crippen LogP contribution in [0.15, 0.2) is 42.5 Å². The lowest BCUT2D eigenvalue weighted by molar-refractivity contribution is 0.415. The van der Waals surface area contributed by atoms with E-state index in [0.29, 0.717) is 6.54 Å². The number of methoxy groups -OCH3 is 1. The van der Waals surface area contributed by atoms with E-state index in [-0.39, 0.29) is 0 Å². The molecular weight excluding hydrogens is 252 g/mol. The van der Waals surface area contributed by atoms with Crippen molar-refractivity contribution >= 4 is 11.0 Å². The molecule has 5 nitrogen and oxygen atoms in total. The van der Waals surface area contributed by atoms with Crippen LogP contribution in [0.5, 0.6) is 5.75 Å². The van der Waals surface area contributed by atoms with Crippen molar-refractivity contribution in [1.29, 1.82) is 0 Å². The second-order valence-corrected chi connectivity index (χ2v) is 4.56. The highest BCUT2D eigenvalue weighted by atomic mass is 16.5. The molecule has 0 aliphatic rings. The molecule has 3 rings (SSSR count). The van der Waals surface area contributed by atoms with Gasteiger partial charge in [0.25, 0.3) is 0 Å². The molecule has 0 fully saturated rings. The van der Waals surface area contributed by atoms with Crippen LogP contribution >= 0.6 is 0 Å². The molecule has 0 aliphatic carbocycles. The number of hydrogen-bond acceptors (Lipinski definition) is 4. The summed E-state index contributed by atoms with van der Waals surface area (Å²) in [7, 11) is 1.64. The first-order chi connectivity index (χ1) is 9.81. The van der Waals surface area contributed by atoms with Crippen LogP contribution in [0.3, 0.4) is 0 Å². The van der Waals surface area contributed by atoms with Crippen molar-refractivity contribution in [3.05, 3.63) is 48.0 Å². The number of nitrogens with zero attached hydrogens (tertiary/aromatic N) is 3. The molecule has 2 aromatic carbocycles. The van der Waals surface area contributed by atoms with Crippen molar-refractivity contribution in [3.8, 4) is 11.4 Å². The van der Waals surface area contributed by atoms with Gasteiger partial charge in [-0.05, 0) is 42.8 Å². The number of ether oxygens (including phenoxy) is 1. The summed E-state index contributed by atoms with van der Waals surface area (Å²) < 4.78 is 7.03. The van der Waals surface area contributed by atoms with Crippen LogP contribution < -0.4 is 10.5 Å². The lowest BCUT2D eigenvalue weighted by atomic mass is 10.1. The summed E-state index contributed by atoms with van der Waals surface area (Å²) in [6.07, 6.45) is 0.855. The molecular formula is C15H16N4O. The Kier molecular flexibility index (Phi) is 3.35. The van der Waals surface area contributed by atoms with Crippen molar-refractivity contribution < 1.29 is 4.74 Å². The van der Waals surface area contributed by atoms with E-state index >= 15 is 0 Å². The molecule has 0 aliphatic heterocycles. The van der Waals surface area contributed by atoms with Crippen molar-refractivity contribution in [1.82, 2.24) is 15.0 Å². The summed E-state index contributed by atoms with van der Waals surface area (Å²) in [5, 5.41) is 8.41. The molecule has 1 heterocycles. The third kappa shape index (κ3) is 2.23. The van der Waals surface area contributed by atoms with Gasteiger partial charge in [-0.2, -0.15) is 0 Å². The Labute approximate surface area is 117 Å². The highest BCUT2D eigenvalue weighted by molar-refractivity contribution is 5.77. The fourth-order valence-electron chi connectivity index (χ4n) is 2.23. The minimum atomic E-state index is 0.638. The van der Waals surface area contributed by atoms with E-state index < -0.39 is 0 Å². The SMILES string of the molecule is COc1ccc2c(c1)nnn2-c1cccc(CCN)c1. The van der Waals surface area contributed by atoms with Gasteiger partial charge in [-0.25, -0.2) is 4.68 Å². The Morgan fingerprint density at radius 2 is 2.10 bits per heavy atom. The van der Waals surface area contributed by atoms with Gasteiger partial charge in [0.15, 0.2) is 0 Å². The first kappa shape index (κ1) is 12.6. The Hall–Kier alpha value is -2.40. The molecule has 0 unspecified atom stereocenters. The fraction of sp³-hybridized carbons (Fsp3) is 0.200. The van der Waals surface area contributed by atoms with Crippen LogP contribution in [0.1, 0.15) is 5.56 Å². The van der Waals surface area contributed by atoms with Gasteiger partial charge in [-0.15, -0.1) is 5.10 Å². The summed E-state index contributed by atoms with van der Waals surface area (Å²) >= 11 is 0. The van der Waals surface area contributed by atoms with Gasteiger partial charge in [0, 0.05) is 6.07 Å². The first-order valence-electron chi connectivity index (χ1n) is 6.50. The number of hydrogen-bond donors (Lipinski definition) is 1. The van der Waals surface area contributed by atoms with E-state index in [9.17, 15) is 0 Å². The second kappa shape index (κ2) is 5.30. The van der Waals surface area contributed by atoms with Crippen molar-refractivity contribution in [3.63, 3.8) is 0 Å². The van der Waals surface area contributed by atoms with E-state index in [0.717, 1.165) is 28.9 Å². The zero-order chi connectivity index (χ0) is 13.9. The van der Waals surface area contributed by atoms with Crippen molar-refractivity contribution in [2.45, 2.75) is 6.42 Å². The predicted molar refractivity (Wildman–Crippen MR) is 78.2 cm³/mol. The molecule has 0 spiro atoms. The standard InChI is InChI=1S/C15H16N4O/c1-20-13-5-6-15-14(10-13)17-18-19(15)12-4-2-3-11(9-12)7-8-16/h2-6,9-10H,7-8,16H2,1H3. The van der Waals surface area contributed by atoms with Crippen LogP contribution in [0.2, 0.25) is 0 Å². The molecule has 0 radical (unpaired) electrons. The number of fused-ring (bicyclic) bond motifs is 1. The first-order valence-corrected chi connectivity index (χ1v) is 6.50. The van der Waals surface area contributed by atoms with E-state index in [1.165, 1.54) is 5.56 Å². The van der Waals surface area contributed by atoms with Crippen LogP contribution in [0.4, 0.5) is 0 Å². The molecule has 20 heavy (non-hydrogen) atoms. The molecule has 3 aromatic rings. The summed E-state index contributed by atoms with van der Waals surface area (Å²) in [5.41, 5.74) is 9.56. The minimum absolute atomic E-state index is 0.638. The highest BCUT2D eigenvalue weighted by Gasteiger charge is 2.08. The monoisotopic (exact) mass is 268 g/mol. The maximum atomic E-state index is 5.60. The van der Waals surface area contributed by atoms with Gasteiger partial charge in [0.2, 0.25) is 0 Å². The highest BCUT2D eigenvalue weighted by Crippen LogP contribution is 2.21. The maximum Gasteiger partial charge on any atom is 0.121 e. The summed E-state index contributed by atoms with van der Waals surface area (Å²) in [4.78, 5) is 0. The lowest BCUT2D eigenvalue weighted by Gasteiger charge is -2.05. The second-order valence-electron chi connectivity index (χ2n) is 4.56. The largest absolute Gasteiger partial charge is 0.497 e. The van der Waals surface area contributed by atoms with E-state index in [2.05, 4.69) is 22.4 Å². The third-order valence-corrected chi connectivity index (χ3v) is 3.24. The molecule has 0 saturated heterocycles. The van der Waals surface area contributed by atoms with Crippen molar-refractivity contribution in [2.75, 3.05) is 13.7 Å². The minimum Gasteiger partial charge on any atom is -0.497 e. The molecule has 5 heteroatoms. The summed E-state index contributed by atoms with van der Waals surface area (Å²) in [6, 6.07) is 13.9. The molecule has 0 bridgehead atoms. The van der Waals surface area contributed by atoms with E-state index in [4.69, 9.17) is 10.5 Å². The predicted octanol–water partition coefficient (Wildman–Crippen LogP) is 1.93. The lowest BCUT2D eigenvalue weighted by Crippen LogP contribution is -2.04. The van der Waals surface area contributed by atoms with Gasteiger partial charge >= 0.3 is 0 Å². The van der Waals surface area contributed by atoms with E-state index in [1.54, 1.807) is 7.11 Å². The number of benzene rings is 2. The van der Waals surface area contributed by atoms with Crippen LogP contribution in [0.25, 0.3) is 16.7 Å². The summed E-state index contributed by atoms with van der Waals surface area (Å²) in [6.45, 7) is 0.638. The Balaban J connectivity index is 2.07. The average molecular weight is 268 g/mol. The summed E-state index contributed by atoms with van der Waals surface area (Å²) in [5.74, 6) is 0.779. The van der Waals surface area contributed by atoms with Gasteiger partial charge in [-0.3, -0.25) is 0 Å². The molecule has 1 aromatic heterocycles. The molecule has 0 atom stereocenters. The normalized spacial score (nSPS) is 10.9. The molecule has 2 N–H and O–H groups in total. The maximum absolute atomic E-state index is 5.60. The molecule has 102 valence electrons. The third-order valence-electron chi connectivity index (χ3n) is 3.24. The van der Waals surface area contributed by atoms with Crippen LogP contribution in [0, 0.1) is 0 Å². The van der Waals surface area contributed by atoms with E-state index in [1.807, 2.05) is 35.0 Å². The van der Waals surface area contributed by atoms with Crippen molar-refractivity contribution in [2.24, 2.45) is 5.73 Å². The van der Waals surface area contributed by atoms with Crippen LogP contribution in [-0.4, -0.2) is 28.6 Å². The van der Waals surface area contributed by atoms with Crippen LogP contribution in [-0.2, 0) is 6.42 Å². The van der Waals surface area contributed by atoms with Gasteiger partial charge in [0.05, 0.1) is 18.3 Å². The zero-order valence-corrected chi connectivity index (χ0v) is 11.3. The Morgan fingerprint density at radius 1 is 1.20 bits per heavy atom. The quantitative estimate of drug-likeness (QED) is 0.785. The number of nitrogens with two attached hydrogens (primary N) is 1. The number of aromatic nitrogens is 3. The zero-order valence-electron chi connectivity index (χ0n) is 11.3. The fourth-order valence-corrected chi connectivity index (χ4v) is 2.23. The topological polar surface area (TPSA) is 66.0 Å². The Morgan fingerprint density at radius 3 is 2.90 bits per heavy atom. The average Bonchev–Trinajstić information content (AvgIpc) is 2.90. The number of rotatable bonds is 4. The van der Waals surface area contributed by atoms with Gasteiger partial charge in [0.1, 0.15) is 11.3 Å².